The van der Waals surface area contributed by atoms with Crippen molar-refractivity contribution in [3.63, 3.8) is 0 Å². The van der Waals surface area contributed by atoms with Gasteiger partial charge in [0.05, 0.1) is 18.8 Å². The Morgan fingerprint density at radius 3 is 2.94 bits per heavy atom. The maximum atomic E-state index is 5.94. The summed E-state index contributed by atoms with van der Waals surface area (Å²) in [4.78, 5) is 1.28. The van der Waals surface area contributed by atoms with Crippen LogP contribution in [0, 0.1) is 0 Å². The van der Waals surface area contributed by atoms with E-state index in [4.69, 9.17) is 9.47 Å². The lowest BCUT2D eigenvalue weighted by Gasteiger charge is -2.28. The van der Waals surface area contributed by atoms with Gasteiger partial charge in [-0.15, -0.1) is 11.3 Å². The van der Waals surface area contributed by atoms with Gasteiger partial charge in [0.25, 0.3) is 0 Å². The van der Waals surface area contributed by atoms with Crippen molar-refractivity contribution in [2.24, 2.45) is 0 Å². The third-order valence-electron chi connectivity index (χ3n) is 3.05. The fourth-order valence-corrected chi connectivity index (χ4v) is 3.48. The van der Waals surface area contributed by atoms with E-state index < -0.39 is 0 Å². The maximum Gasteiger partial charge on any atom is 0.0824 e. The van der Waals surface area contributed by atoms with Crippen molar-refractivity contribution in [1.29, 1.82) is 0 Å². The van der Waals surface area contributed by atoms with Gasteiger partial charge in [-0.2, -0.15) is 0 Å². The highest BCUT2D eigenvalue weighted by Gasteiger charge is 2.22. The van der Waals surface area contributed by atoms with E-state index in [0.717, 1.165) is 17.5 Å². The molecule has 1 saturated carbocycles. The number of hydrogen-bond donors (Lipinski definition) is 0. The number of thiophene rings is 1. The van der Waals surface area contributed by atoms with E-state index in [1.54, 1.807) is 18.4 Å². The second-order valence-corrected chi connectivity index (χ2v) is 6.00. The number of halogens is 1. The van der Waals surface area contributed by atoms with Gasteiger partial charge in [0.1, 0.15) is 0 Å². The van der Waals surface area contributed by atoms with Gasteiger partial charge >= 0.3 is 0 Å². The molecule has 0 aromatic carbocycles. The van der Waals surface area contributed by atoms with Crippen LogP contribution in [-0.2, 0) is 16.1 Å². The minimum Gasteiger partial charge on any atom is -0.381 e. The molecule has 1 aliphatic carbocycles. The molecule has 2 unspecified atom stereocenters. The highest BCUT2D eigenvalue weighted by Crippen LogP contribution is 2.27. The summed E-state index contributed by atoms with van der Waals surface area (Å²) in [7, 11) is 1.79. The van der Waals surface area contributed by atoms with Crippen LogP contribution in [0.25, 0.3) is 0 Å². The summed E-state index contributed by atoms with van der Waals surface area (Å²) in [5, 5.41) is 2.08. The fourth-order valence-electron chi connectivity index (χ4n) is 2.09. The van der Waals surface area contributed by atoms with E-state index in [1.807, 2.05) is 0 Å². The molecule has 1 aromatic heterocycles. The minimum absolute atomic E-state index is 0.368. The van der Waals surface area contributed by atoms with E-state index in [-0.39, 0.29) is 0 Å². The predicted molar refractivity (Wildman–Crippen MR) is 69.9 cm³/mol. The molecule has 0 saturated heterocycles. The van der Waals surface area contributed by atoms with Gasteiger partial charge in [-0.1, -0.05) is 0 Å². The van der Waals surface area contributed by atoms with E-state index in [1.165, 1.54) is 24.1 Å². The summed E-state index contributed by atoms with van der Waals surface area (Å²) < 4.78 is 12.5. The van der Waals surface area contributed by atoms with E-state index >= 15 is 0 Å². The highest BCUT2D eigenvalue weighted by molar-refractivity contribution is 9.10. The quantitative estimate of drug-likeness (QED) is 0.837. The van der Waals surface area contributed by atoms with E-state index in [0.29, 0.717) is 12.2 Å². The van der Waals surface area contributed by atoms with Crippen LogP contribution in [0.1, 0.15) is 30.6 Å². The van der Waals surface area contributed by atoms with Crippen LogP contribution in [0.5, 0.6) is 0 Å². The van der Waals surface area contributed by atoms with Crippen LogP contribution in [0.15, 0.2) is 15.9 Å². The standard InChI is InChI=1S/C12H17BrO2S/c1-14-9-3-2-4-10(7-9)15-8-12-11(13)5-6-16-12/h5-6,9-10H,2-4,7-8H2,1H3. The van der Waals surface area contributed by atoms with Gasteiger partial charge in [-0.3, -0.25) is 0 Å². The Hall–Kier alpha value is 0.100. The Kier molecular flexibility index (Phi) is 4.82. The van der Waals surface area contributed by atoms with Crippen LogP contribution in [0.4, 0.5) is 0 Å². The van der Waals surface area contributed by atoms with Gasteiger partial charge in [-0.25, -0.2) is 0 Å². The first-order chi connectivity index (χ1) is 7.79. The van der Waals surface area contributed by atoms with Crippen molar-refractivity contribution in [3.05, 3.63) is 20.8 Å². The minimum atomic E-state index is 0.368. The van der Waals surface area contributed by atoms with Gasteiger partial charge in [-0.05, 0) is 53.1 Å². The van der Waals surface area contributed by atoms with Crippen LogP contribution in [-0.4, -0.2) is 19.3 Å². The molecule has 0 bridgehead atoms. The predicted octanol–water partition coefficient (Wildman–Crippen LogP) is 3.98. The first-order valence-corrected chi connectivity index (χ1v) is 7.33. The summed E-state index contributed by atoms with van der Waals surface area (Å²) in [5.41, 5.74) is 0. The van der Waals surface area contributed by atoms with E-state index in [9.17, 15) is 0 Å². The smallest absolute Gasteiger partial charge is 0.0824 e. The topological polar surface area (TPSA) is 18.5 Å². The summed E-state index contributed by atoms with van der Waals surface area (Å²) in [5.74, 6) is 0. The van der Waals surface area contributed by atoms with Crippen molar-refractivity contribution in [2.45, 2.75) is 44.5 Å². The molecule has 2 rings (SSSR count). The summed E-state index contributed by atoms with van der Waals surface area (Å²) in [6.45, 7) is 0.722. The van der Waals surface area contributed by atoms with Crippen molar-refractivity contribution in [2.75, 3.05) is 7.11 Å². The molecule has 16 heavy (non-hydrogen) atoms. The summed E-state index contributed by atoms with van der Waals surface area (Å²) >= 11 is 5.26. The molecule has 0 aliphatic heterocycles. The average molecular weight is 305 g/mol. The average Bonchev–Trinajstić information content (AvgIpc) is 2.72. The molecule has 90 valence electrons. The molecule has 0 spiro atoms. The van der Waals surface area contributed by atoms with Gasteiger partial charge in [0, 0.05) is 16.5 Å². The van der Waals surface area contributed by atoms with Crippen molar-refractivity contribution in [3.8, 4) is 0 Å². The molecule has 1 fully saturated rings. The Labute approximate surface area is 109 Å². The van der Waals surface area contributed by atoms with Gasteiger partial charge < -0.3 is 9.47 Å². The first-order valence-electron chi connectivity index (χ1n) is 5.66. The highest BCUT2D eigenvalue weighted by atomic mass is 79.9. The molecule has 0 N–H and O–H groups in total. The summed E-state index contributed by atoms with van der Waals surface area (Å²) in [6.07, 6.45) is 5.37. The van der Waals surface area contributed by atoms with Crippen LogP contribution in [0.3, 0.4) is 0 Å². The number of rotatable bonds is 4. The monoisotopic (exact) mass is 304 g/mol. The Balaban J connectivity index is 1.79. The third-order valence-corrected chi connectivity index (χ3v) is 4.95. The normalized spacial score (nSPS) is 25.9. The Bertz CT molecular complexity index is 327. The summed E-state index contributed by atoms with van der Waals surface area (Å²) in [6, 6.07) is 2.07. The zero-order chi connectivity index (χ0) is 11.4. The molecule has 2 nitrogen and oxygen atoms in total. The van der Waals surface area contributed by atoms with Gasteiger partial charge in [0.15, 0.2) is 0 Å². The molecule has 1 heterocycles. The molecular formula is C12H17BrO2S. The fraction of sp³-hybridized carbons (Fsp3) is 0.667. The van der Waals surface area contributed by atoms with Crippen LogP contribution in [0.2, 0.25) is 0 Å². The Morgan fingerprint density at radius 1 is 1.44 bits per heavy atom. The molecule has 0 radical (unpaired) electrons. The molecule has 1 aliphatic rings. The molecular weight excluding hydrogens is 288 g/mol. The molecule has 2 atom stereocenters. The first kappa shape index (κ1) is 12.6. The molecule has 0 amide bonds. The van der Waals surface area contributed by atoms with Crippen molar-refractivity contribution < 1.29 is 9.47 Å². The third kappa shape index (κ3) is 3.29. The number of methoxy groups -OCH3 is 1. The maximum absolute atomic E-state index is 5.94. The van der Waals surface area contributed by atoms with Crippen LogP contribution >= 0.6 is 27.3 Å². The SMILES string of the molecule is COC1CCCC(OCc2sccc2Br)C1. The lowest BCUT2D eigenvalue weighted by atomic mass is 9.95. The van der Waals surface area contributed by atoms with Crippen LogP contribution < -0.4 is 0 Å². The zero-order valence-electron chi connectivity index (χ0n) is 9.45. The molecule has 4 heteroatoms. The lowest BCUT2D eigenvalue weighted by Crippen LogP contribution is -2.27. The van der Waals surface area contributed by atoms with E-state index in [2.05, 4.69) is 27.4 Å². The van der Waals surface area contributed by atoms with Crippen molar-refractivity contribution >= 4 is 27.3 Å². The van der Waals surface area contributed by atoms with Gasteiger partial charge in [0.2, 0.25) is 0 Å². The second kappa shape index (κ2) is 6.15. The number of ether oxygens (including phenoxy) is 2. The second-order valence-electron chi connectivity index (χ2n) is 4.15. The molecule has 1 aromatic rings. The zero-order valence-corrected chi connectivity index (χ0v) is 11.9. The largest absolute Gasteiger partial charge is 0.381 e. The number of hydrogen-bond acceptors (Lipinski definition) is 3. The Morgan fingerprint density at radius 2 is 2.25 bits per heavy atom. The lowest BCUT2D eigenvalue weighted by molar-refractivity contribution is -0.0357. The van der Waals surface area contributed by atoms with Crippen molar-refractivity contribution in [1.82, 2.24) is 0 Å².